The number of Topliss-reactive ketones (excluding diaryl/α,β-unsaturated/α-hetero) is 2. The van der Waals surface area contributed by atoms with E-state index in [2.05, 4.69) is 25.1 Å². The molecule has 2 atom stereocenters. The number of aryl methyl sites for hydroxylation is 2. The zero-order valence-electron chi connectivity index (χ0n) is 20.3. The summed E-state index contributed by atoms with van der Waals surface area (Å²) in [6.45, 7) is 2.12. The van der Waals surface area contributed by atoms with Crippen LogP contribution in [0.5, 0.6) is 5.75 Å². The summed E-state index contributed by atoms with van der Waals surface area (Å²) in [4.78, 5) is 27.3. The summed E-state index contributed by atoms with van der Waals surface area (Å²) in [5.41, 5.74) is 6.32. The summed E-state index contributed by atoms with van der Waals surface area (Å²) >= 11 is 0. The van der Waals surface area contributed by atoms with Crippen molar-refractivity contribution >= 4 is 17.3 Å². The van der Waals surface area contributed by atoms with Gasteiger partial charge in [-0.3, -0.25) is 9.59 Å². The number of ketones is 2. The average Bonchev–Trinajstić information content (AvgIpc) is 3.59. The Hall–Kier alpha value is -3.40. The van der Waals surface area contributed by atoms with Crippen LogP contribution < -0.4 is 4.90 Å². The van der Waals surface area contributed by atoms with Gasteiger partial charge in [0.25, 0.3) is 0 Å². The van der Waals surface area contributed by atoms with Crippen LogP contribution in [0.4, 0.5) is 5.69 Å². The van der Waals surface area contributed by atoms with E-state index in [4.69, 9.17) is 0 Å². The van der Waals surface area contributed by atoms with E-state index in [9.17, 15) is 14.7 Å². The van der Waals surface area contributed by atoms with Crippen LogP contribution in [0.1, 0.15) is 69.0 Å². The smallest absolute Gasteiger partial charge is 0.163 e. The second kappa shape index (κ2) is 10.3. The molecule has 1 fully saturated rings. The Morgan fingerprint density at radius 3 is 2.44 bits per heavy atom. The Kier molecular flexibility index (Phi) is 7.16. The highest BCUT2D eigenvalue weighted by molar-refractivity contribution is 5.97. The molecule has 0 aliphatic heterocycles. The van der Waals surface area contributed by atoms with Crippen LogP contribution >= 0.6 is 0 Å². The molecular weight excluding hydrogens is 422 g/mol. The maximum Gasteiger partial charge on any atom is 0.163 e. The van der Waals surface area contributed by atoms with Crippen LogP contribution in [0.25, 0.3) is 0 Å². The zero-order valence-corrected chi connectivity index (χ0v) is 20.3. The SMILES string of the molecule is Cc1ccc(C2CC2CC(=O)c2cccc(N(C)C)c2)cc1CCCC(=O)c1ccc(O)cc1. The van der Waals surface area contributed by atoms with Gasteiger partial charge in [-0.05, 0) is 91.1 Å². The highest BCUT2D eigenvalue weighted by Gasteiger charge is 2.39. The molecule has 0 saturated heterocycles. The van der Waals surface area contributed by atoms with Gasteiger partial charge in [0.05, 0.1) is 0 Å². The van der Waals surface area contributed by atoms with E-state index >= 15 is 0 Å². The Morgan fingerprint density at radius 2 is 1.71 bits per heavy atom. The molecule has 3 aromatic rings. The van der Waals surface area contributed by atoms with Gasteiger partial charge in [0, 0.05) is 43.8 Å². The molecule has 1 aliphatic carbocycles. The molecule has 0 spiro atoms. The van der Waals surface area contributed by atoms with Crippen LogP contribution in [0.15, 0.2) is 66.7 Å². The molecule has 1 saturated carbocycles. The van der Waals surface area contributed by atoms with Crippen molar-refractivity contribution in [3.05, 3.63) is 94.5 Å². The lowest BCUT2D eigenvalue weighted by molar-refractivity contribution is 0.0969. The summed E-state index contributed by atoms with van der Waals surface area (Å²) in [6.07, 6.45) is 3.78. The van der Waals surface area contributed by atoms with Gasteiger partial charge in [0.1, 0.15) is 5.75 Å². The number of nitrogens with zero attached hydrogens (tertiary/aromatic N) is 1. The largest absolute Gasteiger partial charge is 0.508 e. The standard InChI is InChI=1S/C30H33NO3/c1-20-10-11-23(16-22(20)6-5-9-29(33)21-12-14-27(32)15-13-21)28-18-25(28)19-30(34)24-7-4-8-26(17-24)31(2)3/h4,7-8,10-17,25,28,32H,5-6,9,18-19H2,1-3H3. The molecule has 4 nitrogen and oxygen atoms in total. The molecule has 0 bridgehead atoms. The van der Waals surface area contributed by atoms with Crippen molar-refractivity contribution in [3.8, 4) is 5.75 Å². The van der Waals surface area contributed by atoms with E-state index in [1.165, 1.54) is 16.7 Å². The van der Waals surface area contributed by atoms with E-state index < -0.39 is 0 Å². The summed E-state index contributed by atoms with van der Waals surface area (Å²) in [6, 6.07) is 21.0. The third-order valence-electron chi connectivity index (χ3n) is 6.90. The van der Waals surface area contributed by atoms with Gasteiger partial charge >= 0.3 is 0 Å². The van der Waals surface area contributed by atoms with Gasteiger partial charge in [-0.1, -0.05) is 30.3 Å². The zero-order chi connectivity index (χ0) is 24.2. The number of carbonyl (C=O) groups excluding carboxylic acids is 2. The van der Waals surface area contributed by atoms with Crippen molar-refractivity contribution in [2.24, 2.45) is 5.92 Å². The van der Waals surface area contributed by atoms with Gasteiger partial charge < -0.3 is 10.0 Å². The van der Waals surface area contributed by atoms with Gasteiger partial charge in [-0.25, -0.2) is 0 Å². The van der Waals surface area contributed by atoms with Crippen molar-refractivity contribution in [3.63, 3.8) is 0 Å². The number of benzene rings is 3. The summed E-state index contributed by atoms with van der Waals surface area (Å²) in [5.74, 6) is 1.34. The number of hydrogen-bond donors (Lipinski definition) is 1. The summed E-state index contributed by atoms with van der Waals surface area (Å²) in [7, 11) is 3.97. The Bertz CT molecular complexity index is 1180. The third kappa shape index (κ3) is 5.74. The molecule has 0 radical (unpaired) electrons. The highest BCUT2D eigenvalue weighted by Crippen LogP contribution is 2.50. The maximum atomic E-state index is 12.8. The number of phenolic OH excluding ortho intramolecular Hbond substituents is 1. The number of aromatic hydroxyl groups is 1. The van der Waals surface area contributed by atoms with Crippen LogP contribution in [0, 0.1) is 12.8 Å². The fourth-order valence-electron chi connectivity index (χ4n) is 4.62. The molecular formula is C30H33NO3. The van der Waals surface area contributed by atoms with Gasteiger partial charge in [0.2, 0.25) is 0 Å². The molecule has 0 amide bonds. The van der Waals surface area contributed by atoms with E-state index in [1.54, 1.807) is 24.3 Å². The molecule has 1 aliphatic rings. The van der Waals surface area contributed by atoms with Crippen molar-refractivity contribution in [1.29, 1.82) is 0 Å². The first-order chi connectivity index (χ1) is 16.3. The number of hydrogen-bond acceptors (Lipinski definition) is 4. The van der Waals surface area contributed by atoms with Gasteiger partial charge in [-0.2, -0.15) is 0 Å². The predicted octanol–water partition coefficient (Wildman–Crippen LogP) is 6.35. The van der Waals surface area contributed by atoms with Crippen LogP contribution in [0.3, 0.4) is 0 Å². The molecule has 3 aromatic carbocycles. The van der Waals surface area contributed by atoms with Crippen LogP contribution in [-0.2, 0) is 6.42 Å². The van der Waals surface area contributed by atoms with Gasteiger partial charge in [-0.15, -0.1) is 0 Å². The quantitative estimate of drug-likeness (QED) is 0.362. The molecule has 0 heterocycles. The van der Waals surface area contributed by atoms with E-state index in [-0.39, 0.29) is 17.3 Å². The molecule has 1 N–H and O–H groups in total. The number of anilines is 1. The minimum absolute atomic E-state index is 0.105. The lowest BCUT2D eigenvalue weighted by Crippen LogP contribution is -2.10. The molecule has 2 unspecified atom stereocenters. The Morgan fingerprint density at radius 1 is 0.941 bits per heavy atom. The van der Waals surface area contributed by atoms with Crippen molar-refractivity contribution in [1.82, 2.24) is 0 Å². The third-order valence-corrected chi connectivity index (χ3v) is 6.90. The number of carbonyl (C=O) groups is 2. The molecule has 34 heavy (non-hydrogen) atoms. The van der Waals surface area contributed by atoms with Crippen molar-refractivity contribution < 1.29 is 14.7 Å². The average molecular weight is 456 g/mol. The topological polar surface area (TPSA) is 57.6 Å². The second-order valence-electron chi connectivity index (χ2n) is 9.68. The van der Waals surface area contributed by atoms with E-state index in [0.29, 0.717) is 30.2 Å². The molecule has 176 valence electrons. The second-order valence-corrected chi connectivity index (χ2v) is 9.68. The minimum atomic E-state index is 0.105. The fraction of sp³-hybridized carbons (Fsp3) is 0.333. The lowest BCUT2D eigenvalue weighted by Gasteiger charge is -2.13. The fourth-order valence-corrected chi connectivity index (χ4v) is 4.62. The number of phenols is 1. The Labute approximate surface area is 202 Å². The maximum absolute atomic E-state index is 12.8. The van der Waals surface area contributed by atoms with E-state index in [1.807, 2.05) is 43.3 Å². The first-order valence-electron chi connectivity index (χ1n) is 12.0. The van der Waals surface area contributed by atoms with Crippen molar-refractivity contribution in [2.45, 2.75) is 44.9 Å². The molecule has 4 heteroatoms. The summed E-state index contributed by atoms with van der Waals surface area (Å²) in [5, 5.41) is 9.39. The minimum Gasteiger partial charge on any atom is -0.508 e. The molecule has 4 rings (SSSR count). The van der Waals surface area contributed by atoms with Gasteiger partial charge in [0.15, 0.2) is 11.6 Å². The monoisotopic (exact) mass is 455 g/mol. The van der Waals surface area contributed by atoms with E-state index in [0.717, 1.165) is 30.5 Å². The molecule has 0 aromatic heterocycles. The normalized spacial score (nSPS) is 16.8. The highest BCUT2D eigenvalue weighted by atomic mass is 16.3. The Balaban J connectivity index is 1.32. The lowest BCUT2D eigenvalue weighted by atomic mass is 9.95. The van der Waals surface area contributed by atoms with Crippen LogP contribution in [0.2, 0.25) is 0 Å². The predicted molar refractivity (Wildman–Crippen MR) is 137 cm³/mol. The first-order valence-corrected chi connectivity index (χ1v) is 12.0. The first kappa shape index (κ1) is 23.7. The van der Waals surface area contributed by atoms with Crippen molar-refractivity contribution in [2.75, 3.05) is 19.0 Å². The summed E-state index contributed by atoms with van der Waals surface area (Å²) < 4.78 is 0. The van der Waals surface area contributed by atoms with Crippen LogP contribution in [-0.4, -0.2) is 30.8 Å². The number of rotatable bonds is 10.